The van der Waals surface area contributed by atoms with E-state index in [1.807, 2.05) is 19.1 Å². The first-order valence-electron chi connectivity index (χ1n) is 6.14. The van der Waals surface area contributed by atoms with Gasteiger partial charge in [-0.1, -0.05) is 6.92 Å². The number of anilines is 1. The van der Waals surface area contributed by atoms with Gasteiger partial charge in [-0.2, -0.15) is 4.40 Å². The fourth-order valence-corrected chi connectivity index (χ4v) is 2.22. The lowest BCUT2D eigenvalue weighted by atomic mass is 10.2. The van der Waals surface area contributed by atoms with E-state index in [2.05, 4.69) is 19.6 Å². The van der Waals surface area contributed by atoms with Crippen LogP contribution in [0.15, 0.2) is 22.7 Å². The van der Waals surface area contributed by atoms with Crippen molar-refractivity contribution < 1.29 is 4.21 Å². The molecular weight excluding hydrogens is 248 g/mol. The lowest BCUT2D eigenvalue weighted by molar-refractivity contribution is 0.585. The molecule has 6 heteroatoms. The number of hydrogen-bond acceptors (Lipinski definition) is 4. The van der Waals surface area contributed by atoms with E-state index in [4.69, 9.17) is 0 Å². The zero-order chi connectivity index (χ0) is 12.8. The Balaban J connectivity index is 2.19. The van der Waals surface area contributed by atoms with Gasteiger partial charge in [-0.15, -0.1) is 0 Å². The standard InChI is InChI=1S/C12H18N4OS/c1-2-18(17)15-10-11-4-3-5-14-12(11)16-8-6-13-7-9-16/h3-5,10,13H,2,6-9H2,1H3/b15-10+. The molecule has 1 saturated heterocycles. The normalized spacial score (nSPS) is 18.2. The Labute approximate surface area is 110 Å². The summed E-state index contributed by atoms with van der Waals surface area (Å²) in [7, 11) is -1.13. The highest BCUT2D eigenvalue weighted by Gasteiger charge is 2.14. The molecule has 2 rings (SSSR count). The van der Waals surface area contributed by atoms with Gasteiger partial charge in [-0.05, 0) is 12.1 Å². The molecule has 0 radical (unpaired) electrons. The summed E-state index contributed by atoms with van der Waals surface area (Å²) in [5.41, 5.74) is 0.932. The summed E-state index contributed by atoms with van der Waals surface area (Å²) in [4.78, 5) is 6.64. The Hall–Kier alpha value is -1.27. The second-order valence-corrected chi connectivity index (χ2v) is 5.43. The fourth-order valence-electron chi connectivity index (χ4n) is 1.84. The first kappa shape index (κ1) is 13.2. The van der Waals surface area contributed by atoms with Crippen molar-refractivity contribution in [3.63, 3.8) is 0 Å². The lowest BCUT2D eigenvalue weighted by Crippen LogP contribution is -2.44. The van der Waals surface area contributed by atoms with Crippen molar-refractivity contribution in [1.82, 2.24) is 10.3 Å². The maximum absolute atomic E-state index is 11.3. The van der Waals surface area contributed by atoms with Crippen molar-refractivity contribution in [2.24, 2.45) is 4.40 Å². The molecule has 0 spiro atoms. The van der Waals surface area contributed by atoms with Gasteiger partial charge in [0.15, 0.2) is 0 Å². The van der Waals surface area contributed by atoms with E-state index >= 15 is 0 Å². The SMILES string of the molecule is CCS(=O)/N=C/c1cccnc1N1CCNCC1. The van der Waals surface area contributed by atoms with Crippen molar-refractivity contribution in [3.05, 3.63) is 23.9 Å². The van der Waals surface area contributed by atoms with Crippen molar-refractivity contribution in [1.29, 1.82) is 0 Å². The molecule has 1 aromatic rings. The molecule has 1 unspecified atom stereocenters. The predicted octanol–water partition coefficient (Wildman–Crippen LogP) is 0.594. The van der Waals surface area contributed by atoms with E-state index in [1.165, 1.54) is 0 Å². The van der Waals surface area contributed by atoms with Crippen molar-refractivity contribution in [2.75, 3.05) is 36.8 Å². The van der Waals surface area contributed by atoms with E-state index in [0.29, 0.717) is 5.75 Å². The Kier molecular flexibility index (Phi) is 4.83. The minimum atomic E-state index is -1.13. The zero-order valence-electron chi connectivity index (χ0n) is 10.5. The maximum Gasteiger partial charge on any atom is 0.139 e. The Morgan fingerprint density at radius 3 is 3.06 bits per heavy atom. The Morgan fingerprint density at radius 1 is 1.56 bits per heavy atom. The van der Waals surface area contributed by atoms with Crippen LogP contribution in [-0.4, -0.2) is 47.3 Å². The Bertz CT molecular complexity index is 443. The molecule has 1 N–H and O–H groups in total. The predicted molar refractivity (Wildman–Crippen MR) is 75.6 cm³/mol. The largest absolute Gasteiger partial charge is 0.354 e. The molecule has 0 amide bonds. The van der Waals surface area contributed by atoms with Crippen LogP contribution < -0.4 is 10.2 Å². The van der Waals surface area contributed by atoms with Gasteiger partial charge in [0, 0.05) is 49.9 Å². The number of nitrogens with zero attached hydrogens (tertiary/aromatic N) is 3. The maximum atomic E-state index is 11.3. The molecule has 1 aliphatic heterocycles. The van der Waals surface area contributed by atoms with E-state index in [0.717, 1.165) is 37.6 Å². The molecule has 1 fully saturated rings. The summed E-state index contributed by atoms with van der Waals surface area (Å²) in [5, 5.41) is 3.31. The van der Waals surface area contributed by atoms with E-state index in [-0.39, 0.29) is 0 Å². The molecule has 0 aromatic carbocycles. The minimum absolute atomic E-state index is 0.541. The van der Waals surface area contributed by atoms with Crippen LogP contribution in [0.1, 0.15) is 12.5 Å². The third-order valence-electron chi connectivity index (χ3n) is 2.79. The number of piperazine rings is 1. The summed E-state index contributed by atoms with van der Waals surface area (Å²) >= 11 is 0. The van der Waals surface area contributed by atoms with Crippen LogP contribution in [0.5, 0.6) is 0 Å². The summed E-state index contributed by atoms with van der Waals surface area (Å²) in [6, 6.07) is 3.84. The summed E-state index contributed by atoms with van der Waals surface area (Å²) in [6.45, 7) is 5.67. The van der Waals surface area contributed by atoms with E-state index in [9.17, 15) is 4.21 Å². The highest BCUT2D eigenvalue weighted by molar-refractivity contribution is 7.83. The molecule has 5 nitrogen and oxygen atoms in total. The third kappa shape index (κ3) is 3.36. The molecular formula is C12H18N4OS. The lowest BCUT2D eigenvalue weighted by Gasteiger charge is -2.29. The first-order valence-corrected chi connectivity index (χ1v) is 7.42. The number of aromatic nitrogens is 1. The molecule has 18 heavy (non-hydrogen) atoms. The minimum Gasteiger partial charge on any atom is -0.354 e. The van der Waals surface area contributed by atoms with Crippen LogP contribution in [0.3, 0.4) is 0 Å². The fraction of sp³-hybridized carbons (Fsp3) is 0.500. The Morgan fingerprint density at radius 2 is 2.33 bits per heavy atom. The van der Waals surface area contributed by atoms with Crippen LogP contribution in [0.2, 0.25) is 0 Å². The highest BCUT2D eigenvalue weighted by atomic mass is 32.2. The molecule has 0 aliphatic carbocycles. The van der Waals surface area contributed by atoms with Gasteiger partial charge < -0.3 is 10.2 Å². The molecule has 0 saturated carbocycles. The van der Waals surface area contributed by atoms with Gasteiger partial charge in [0.25, 0.3) is 0 Å². The van der Waals surface area contributed by atoms with Gasteiger partial charge in [0.05, 0.1) is 0 Å². The van der Waals surface area contributed by atoms with Crippen LogP contribution in [0.25, 0.3) is 0 Å². The monoisotopic (exact) mass is 266 g/mol. The van der Waals surface area contributed by atoms with Crippen molar-refractivity contribution in [3.8, 4) is 0 Å². The van der Waals surface area contributed by atoms with Crippen LogP contribution in [0, 0.1) is 0 Å². The molecule has 1 aromatic heterocycles. The third-order valence-corrected chi connectivity index (χ3v) is 3.62. The summed E-state index contributed by atoms with van der Waals surface area (Å²) in [5.74, 6) is 1.47. The summed E-state index contributed by atoms with van der Waals surface area (Å²) < 4.78 is 15.4. The molecule has 0 bridgehead atoms. The van der Waals surface area contributed by atoms with Crippen LogP contribution in [0.4, 0.5) is 5.82 Å². The van der Waals surface area contributed by atoms with Gasteiger partial charge in [0.2, 0.25) is 0 Å². The first-order chi connectivity index (χ1) is 8.81. The highest BCUT2D eigenvalue weighted by Crippen LogP contribution is 2.15. The van der Waals surface area contributed by atoms with Gasteiger partial charge >= 0.3 is 0 Å². The van der Waals surface area contributed by atoms with Crippen molar-refractivity contribution in [2.45, 2.75) is 6.92 Å². The molecule has 98 valence electrons. The molecule has 1 atom stereocenters. The number of pyridine rings is 1. The zero-order valence-corrected chi connectivity index (χ0v) is 11.3. The van der Waals surface area contributed by atoms with E-state index in [1.54, 1.807) is 12.4 Å². The molecule has 1 aliphatic rings. The van der Waals surface area contributed by atoms with Gasteiger partial charge in [-0.3, -0.25) is 0 Å². The smallest absolute Gasteiger partial charge is 0.139 e. The van der Waals surface area contributed by atoms with Gasteiger partial charge in [0.1, 0.15) is 16.8 Å². The average Bonchev–Trinajstić information content (AvgIpc) is 2.46. The number of hydrogen-bond donors (Lipinski definition) is 1. The number of nitrogens with one attached hydrogen (secondary N) is 1. The second-order valence-electron chi connectivity index (χ2n) is 4.00. The second kappa shape index (κ2) is 6.61. The van der Waals surface area contributed by atoms with Crippen LogP contribution in [-0.2, 0) is 11.0 Å². The topological polar surface area (TPSA) is 57.6 Å². The van der Waals surface area contributed by atoms with Crippen LogP contribution >= 0.6 is 0 Å². The average molecular weight is 266 g/mol. The quantitative estimate of drug-likeness (QED) is 0.811. The van der Waals surface area contributed by atoms with E-state index < -0.39 is 11.0 Å². The molecule has 2 heterocycles. The van der Waals surface area contributed by atoms with Gasteiger partial charge in [-0.25, -0.2) is 9.19 Å². The summed E-state index contributed by atoms with van der Waals surface area (Å²) in [6.07, 6.45) is 3.45. The van der Waals surface area contributed by atoms with Crippen molar-refractivity contribution >= 4 is 23.0 Å². The number of rotatable bonds is 4.